The number of hydrogen-bond acceptors (Lipinski definition) is 5. The predicted molar refractivity (Wildman–Crippen MR) is 90.1 cm³/mol. The molecule has 0 bridgehead atoms. The molecule has 1 aromatic rings. The summed E-state index contributed by atoms with van der Waals surface area (Å²) in [6.07, 6.45) is 0.891. The molecule has 6 heteroatoms. The van der Waals surface area contributed by atoms with Gasteiger partial charge in [0, 0.05) is 43.7 Å². The number of aliphatic hydroxyl groups is 1. The molecule has 2 N–H and O–H groups in total. The number of furan rings is 1. The van der Waals surface area contributed by atoms with Gasteiger partial charge in [0.1, 0.15) is 5.76 Å². The summed E-state index contributed by atoms with van der Waals surface area (Å²) in [5.74, 6) is 0.911. The second-order valence-electron chi connectivity index (χ2n) is 7.66. The highest BCUT2D eigenvalue weighted by Crippen LogP contribution is 2.43. The van der Waals surface area contributed by atoms with E-state index in [1.807, 2.05) is 6.92 Å². The van der Waals surface area contributed by atoms with Gasteiger partial charge in [-0.1, -0.05) is 13.8 Å². The number of hydrogen-bond donors (Lipinski definition) is 2. The molecule has 1 aliphatic heterocycles. The third kappa shape index (κ3) is 3.66. The highest BCUT2D eigenvalue weighted by molar-refractivity contribution is 5.93. The average molecular weight is 336 g/mol. The monoisotopic (exact) mass is 336 g/mol. The lowest BCUT2D eigenvalue weighted by molar-refractivity contribution is 0.0382. The van der Waals surface area contributed by atoms with Gasteiger partial charge in [-0.25, -0.2) is 0 Å². The van der Waals surface area contributed by atoms with Gasteiger partial charge in [0.25, 0.3) is 5.91 Å². The van der Waals surface area contributed by atoms with Crippen LogP contribution in [-0.4, -0.2) is 55.3 Å². The number of ether oxygens (including phenoxy) is 1. The smallest absolute Gasteiger partial charge is 0.287 e. The largest absolute Gasteiger partial charge is 0.455 e. The molecule has 0 aromatic carbocycles. The second-order valence-corrected chi connectivity index (χ2v) is 7.66. The van der Waals surface area contributed by atoms with Crippen molar-refractivity contribution in [3.8, 4) is 0 Å². The van der Waals surface area contributed by atoms with Crippen molar-refractivity contribution in [2.75, 3.05) is 39.4 Å². The zero-order valence-corrected chi connectivity index (χ0v) is 14.9. The molecule has 0 radical (unpaired) electrons. The first-order valence-corrected chi connectivity index (χ1v) is 8.76. The van der Waals surface area contributed by atoms with Crippen LogP contribution < -0.4 is 5.32 Å². The number of rotatable bonds is 4. The molecular weight excluding hydrogens is 308 g/mol. The molecule has 1 aliphatic carbocycles. The first-order valence-electron chi connectivity index (χ1n) is 8.76. The summed E-state index contributed by atoms with van der Waals surface area (Å²) in [5, 5.41) is 13.3. The summed E-state index contributed by atoms with van der Waals surface area (Å²) in [6.45, 7) is 10.8. The Labute approximate surface area is 143 Å². The van der Waals surface area contributed by atoms with E-state index in [4.69, 9.17) is 9.15 Å². The van der Waals surface area contributed by atoms with Gasteiger partial charge in [-0.2, -0.15) is 0 Å². The van der Waals surface area contributed by atoms with Crippen molar-refractivity contribution < 1.29 is 19.1 Å². The Kier molecular flexibility index (Phi) is 4.99. The molecule has 1 atom stereocenters. The van der Waals surface area contributed by atoms with Crippen molar-refractivity contribution in [1.29, 1.82) is 0 Å². The van der Waals surface area contributed by atoms with Crippen molar-refractivity contribution >= 4 is 5.91 Å². The third-order valence-corrected chi connectivity index (χ3v) is 5.01. The maximum atomic E-state index is 12.5. The molecule has 24 heavy (non-hydrogen) atoms. The Morgan fingerprint density at radius 3 is 2.79 bits per heavy atom. The molecule has 1 amide bonds. The number of amides is 1. The second kappa shape index (κ2) is 6.86. The van der Waals surface area contributed by atoms with Crippen LogP contribution in [0.4, 0.5) is 0 Å². The average Bonchev–Trinajstić information content (AvgIpc) is 2.83. The molecule has 6 nitrogen and oxygen atoms in total. The number of nitrogens with one attached hydrogen (secondary N) is 1. The van der Waals surface area contributed by atoms with E-state index < -0.39 is 6.10 Å². The molecule has 1 fully saturated rings. The zero-order chi connectivity index (χ0) is 17.3. The van der Waals surface area contributed by atoms with Crippen LogP contribution in [0.2, 0.25) is 0 Å². The minimum absolute atomic E-state index is 0.0131. The Balaban J connectivity index is 1.63. The summed E-state index contributed by atoms with van der Waals surface area (Å²) in [4.78, 5) is 14.7. The standard InChI is InChI=1S/C18H28N2O4/c1-12-15-13(21)10-18(2,3)11-14(15)24-16(12)17(22)19-4-5-20-6-8-23-9-7-20/h13,21H,4-11H2,1-3H3,(H,19,22). The van der Waals surface area contributed by atoms with E-state index in [0.29, 0.717) is 18.7 Å². The summed E-state index contributed by atoms with van der Waals surface area (Å²) in [7, 11) is 0. The van der Waals surface area contributed by atoms with Gasteiger partial charge in [-0.15, -0.1) is 0 Å². The molecule has 2 aliphatic rings. The van der Waals surface area contributed by atoms with Crippen LogP contribution in [0.15, 0.2) is 4.42 Å². The van der Waals surface area contributed by atoms with Crippen molar-refractivity contribution in [2.24, 2.45) is 5.41 Å². The van der Waals surface area contributed by atoms with Gasteiger partial charge in [0.2, 0.25) is 0 Å². The zero-order valence-electron chi connectivity index (χ0n) is 14.9. The van der Waals surface area contributed by atoms with Crippen LogP contribution >= 0.6 is 0 Å². The van der Waals surface area contributed by atoms with Crippen LogP contribution in [0.5, 0.6) is 0 Å². The van der Waals surface area contributed by atoms with E-state index in [-0.39, 0.29) is 11.3 Å². The molecular formula is C18H28N2O4. The Bertz CT molecular complexity index is 602. The van der Waals surface area contributed by atoms with Gasteiger partial charge >= 0.3 is 0 Å². The summed E-state index contributed by atoms with van der Waals surface area (Å²) < 4.78 is 11.2. The topological polar surface area (TPSA) is 74.9 Å². The summed E-state index contributed by atoms with van der Waals surface area (Å²) >= 11 is 0. The van der Waals surface area contributed by atoms with Crippen LogP contribution in [0.1, 0.15) is 53.8 Å². The Morgan fingerprint density at radius 2 is 2.08 bits per heavy atom. The molecule has 1 aromatic heterocycles. The van der Waals surface area contributed by atoms with Crippen molar-refractivity contribution in [3.63, 3.8) is 0 Å². The van der Waals surface area contributed by atoms with Crippen LogP contribution in [0, 0.1) is 12.3 Å². The van der Waals surface area contributed by atoms with E-state index in [0.717, 1.165) is 56.2 Å². The Morgan fingerprint density at radius 1 is 1.38 bits per heavy atom. The number of carbonyl (C=O) groups excluding carboxylic acids is 1. The first-order chi connectivity index (χ1) is 11.4. The fourth-order valence-corrected chi connectivity index (χ4v) is 3.73. The van der Waals surface area contributed by atoms with E-state index in [1.165, 1.54) is 0 Å². The van der Waals surface area contributed by atoms with E-state index >= 15 is 0 Å². The van der Waals surface area contributed by atoms with Gasteiger partial charge in [0.15, 0.2) is 5.76 Å². The van der Waals surface area contributed by atoms with Crippen LogP contribution in [0.25, 0.3) is 0 Å². The predicted octanol–water partition coefficient (Wildman–Crippen LogP) is 1.66. The fraction of sp³-hybridized carbons (Fsp3) is 0.722. The highest BCUT2D eigenvalue weighted by Gasteiger charge is 2.37. The SMILES string of the molecule is Cc1c(C(=O)NCCN2CCOCC2)oc2c1C(O)CC(C)(C)C2. The maximum Gasteiger partial charge on any atom is 0.287 e. The molecule has 1 saturated heterocycles. The molecule has 0 spiro atoms. The molecule has 2 heterocycles. The van der Waals surface area contributed by atoms with Crippen molar-refractivity contribution in [1.82, 2.24) is 10.2 Å². The lowest BCUT2D eigenvalue weighted by Crippen LogP contribution is -2.41. The van der Waals surface area contributed by atoms with Gasteiger partial charge in [-0.3, -0.25) is 9.69 Å². The number of carbonyl (C=O) groups is 1. The number of morpholine rings is 1. The van der Waals surface area contributed by atoms with E-state index in [9.17, 15) is 9.90 Å². The molecule has 134 valence electrons. The van der Waals surface area contributed by atoms with Crippen LogP contribution in [-0.2, 0) is 11.2 Å². The van der Waals surface area contributed by atoms with Gasteiger partial charge in [-0.05, 0) is 18.8 Å². The third-order valence-electron chi connectivity index (χ3n) is 5.01. The van der Waals surface area contributed by atoms with Crippen molar-refractivity contribution in [3.05, 3.63) is 22.6 Å². The fourth-order valence-electron chi connectivity index (χ4n) is 3.73. The minimum Gasteiger partial charge on any atom is -0.455 e. The normalized spacial score (nSPS) is 23.8. The Hall–Kier alpha value is -1.37. The van der Waals surface area contributed by atoms with Crippen molar-refractivity contribution in [2.45, 2.75) is 39.7 Å². The van der Waals surface area contributed by atoms with Gasteiger partial charge in [0.05, 0.1) is 19.3 Å². The summed E-state index contributed by atoms with van der Waals surface area (Å²) in [5.41, 5.74) is 1.57. The molecule has 0 saturated carbocycles. The summed E-state index contributed by atoms with van der Waals surface area (Å²) in [6, 6.07) is 0. The van der Waals surface area contributed by atoms with Crippen LogP contribution in [0.3, 0.4) is 0 Å². The van der Waals surface area contributed by atoms with Gasteiger partial charge < -0.3 is 19.6 Å². The number of fused-ring (bicyclic) bond motifs is 1. The lowest BCUT2D eigenvalue weighted by atomic mass is 9.75. The number of nitrogens with zero attached hydrogens (tertiary/aromatic N) is 1. The molecule has 3 rings (SSSR count). The minimum atomic E-state index is -0.553. The first kappa shape index (κ1) is 17.5. The quantitative estimate of drug-likeness (QED) is 0.875. The lowest BCUT2D eigenvalue weighted by Gasteiger charge is -2.31. The number of aliphatic hydroxyl groups excluding tert-OH is 1. The van der Waals surface area contributed by atoms with E-state index in [1.54, 1.807) is 0 Å². The van der Waals surface area contributed by atoms with E-state index in [2.05, 4.69) is 24.1 Å². The highest BCUT2D eigenvalue weighted by atomic mass is 16.5. The maximum absolute atomic E-state index is 12.5. The molecule has 1 unspecified atom stereocenters.